The van der Waals surface area contributed by atoms with E-state index in [0.29, 0.717) is 73.1 Å². The van der Waals surface area contributed by atoms with Crippen LogP contribution >= 0.6 is 0 Å². The Morgan fingerprint density at radius 2 is 1.68 bits per heavy atom. The van der Waals surface area contributed by atoms with E-state index in [2.05, 4.69) is 22.3 Å². The number of aliphatic hydroxyl groups is 1. The zero-order chi connectivity index (χ0) is 41.5. The summed E-state index contributed by atoms with van der Waals surface area (Å²) >= 11 is 0. The molecule has 57 heavy (non-hydrogen) atoms. The number of fused-ring (bicyclic) bond motifs is 3. The molecule has 4 aliphatic heterocycles. The molecule has 1 saturated heterocycles. The largest absolute Gasteiger partial charge is 0.507 e. The Balaban J connectivity index is 1.56. The summed E-state index contributed by atoms with van der Waals surface area (Å²) in [5.41, 5.74) is -0.0234. The first-order valence-corrected chi connectivity index (χ1v) is 20.9. The molecule has 12 heteroatoms. The Labute approximate surface area is 336 Å². The number of ketones is 1. The highest BCUT2D eigenvalue weighted by Gasteiger charge is 2.47. The van der Waals surface area contributed by atoms with Crippen molar-refractivity contribution in [3.8, 4) is 17.2 Å². The molecule has 2 aromatic carbocycles. The van der Waals surface area contributed by atoms with Gasteiger partial charge in [0, 0.05) is 54.5 Å². The van der Waals surface area contributed by atoms with Crippen LogP contribution in [0.1, 0.15) is 116 Å². The fourth-order valence-corrected chi connectivity index (χ4v) is 9.77. The van der Waals surface area contributed by atoms with Gasteiger partial charge < -0.3 is 35.0 Å². The van der Waals surface area contributed by atoms with Crippen LogP contribution in [-0.2, 0) is 14.3 Å². The summed E-state index contributed by atoms with van der Waals surface area (Å²) in [6, 6.07) is 0.701. The zero-order valence-electron chi connectivity index (χ0n) is 35.1. The van der Waals surface area contributed by atoms with E-state index in [1.54, 1.807) is 32.9 Å². The lowest BCUT2D eigenvalue weighted by Crippen LogP contribution is -2.41. The predicted molar refractivity (Wildman–Crippen MR) is 219 cm³/mol. The van der Waals surface area contributed by atoms with Gasteiger partial charge in [0.25, 0.3) is 5.91 Å². The average molecular weight is 787 g/mol. The Kier molecular flexibility index (Phi) is 12.5. The second-order valence-electron chi connectivity index (χ2n) is 17.6. The van der Waals surface area contributed by atoms with Crippen molar-refractivity contribution in [1.29, 1.82) is 0 Å². The molecule has 12 nitrogen and oxygen atoms in total. The lowest BCUT2D eigenvalue weighted by Gasteiger charge is -2.35. The van der Waals surface area contributed by atoms with Gasteiger partial charge in [-0.05, 0) is 96.9 Å². The average Bonchev–Trinajstić information content (AvgIpc) is 3.63. The molecule has 1 fully saturated rings. The van der Waals surface area contributed by atoms with E-state index >= 15 is 0 Å². The van der Waals surface area contributed by atoms with E-state index in [1.165, 1.54) is 6.92 Å². The number of carbonyl (C=O) groups excluding carboxylic acids is 3. The summed E-state index contributed by atoms with van der Waals surface area (Å²) in [6.07, 6.45) is 9.97. The van der Waals surface area contributed by atoms with Gasteiger partial charge in [0.15, 0.2) is 11.4 Å². The Bertz CT molecular complexity index is 2110. The predicted octanol–water partition coefficient (Wildman–Crippen LogP) is 6.24. The van der Waals surface area contributed by atoms with Crippen LogP contribution in [0.4, 0.5) is 5.69 Å². The first-order chi connectivity index (χ1) is 26.9. The van der Waals surface area contributed by atoms with Crippen molar-refractivity contribution in [3.05, 3.63) is 45.6 Å². The van der Waals surface area contributed by atoms with E-state index in [4.69, 9.17) is 14.5 Å². The molecule has 0 aliphatic carbocycles. The van der Waals surface area contributed by atoms with E-state index in [0.717, 1.165) is 25.7 Å². The molecule has 9 atom stereocenters. The minimum atomic E-state index is -1.31. The summed E-state index contributed by atoms with van der Waals surface area (Å²) in [5, 5.41) is 39.6. The van der Waals surface area contributed by atoms with Crippen molar-refractivity contribution in [2.24, 2.45) is 33.7 Å². The number of nitrogens with zero attached hydrogens (tertiary/aromatic N) is 3. The number of aromatic hydroxyl groups is 2. The summed E-state index contributed by atoms with van der Waals surface area (Å²) in [7, 11) is 2.15. The standard InChI is InChI=1S/C45H62N4O8/c1-23-12-10-13-25(3)44(55)48-37-36-35(46-20-17-30-15-16-31(49(30)9)18-21-47-36)32-33(40(37)53)39(52)28(6)42-34(32)43(54)45(8,57-42)19-11-14-24(2)41(56-29(7)50)27(5)38(51)26(4)22-23/h10,12-13,23-24,26-27,30-31,38,41,46,51-53H,11,14-22H2,1-9H3/b12-10+,25-13-,47-36?,48-37?/t23-,24+,26+,27+,30+,31-,38+,41+,45+/m0/s1. The summed E-state index contributed by atoms with van der Waals surface area (Å²) < 4.78 is 12.4. The minimum absolute atomic E-state index is 0.0159. The van der Waals surface area contributed by atoms with Gasteiger partial charge >= 0.3 is 5.97 Å². The number of phenols is 2. The van der Waals surface area contributed by atoms with Gasteiger partial charge in [-0.1, -0.05) is 45.9 Å². The number of amides is 1. The van der Waals surface area contributed by atoms with Gasteiger partial charge in [0.2, 0.25) is 5.78 Å². The van der Waals surface area contributed by atoms with Gasteiger partial charge in [0.05, 0.1) is 22.7 Å². The van der Waals surface area contributed by atoms with Crippen LogP contribution in [-0.4, -0.2) is 87.9 Å². The number of hydrogen-bond donors (Lipinski definition) is 4. The van der Waals surface area contributed by atoms with Gasteiger partial charge in [-0.25, -0.2) is 4.99 Å². The zero-order valence-corrected chi connectivity index (χ0v) is 35.1. The topological polar surface area (TPSA) is 170 Å². The second-order valence-corrected chi connectivity index (χ2v) is 17.6. The summed E-state index contributed by atoms with van der Waals surface area (Å²) in [6.45, 7) is 15.3. The van der Waals surface area contributed by atoms with Gasteiger partial charge in [-0.2, -0.15) is 0 Å². The first-order valence-electron chi connectivity index (χ1n) is 20.9. The van der Waals surface area contributed by atoms with Crippen LogP contribution in [0.2, 0.25) is 0 Å². The molecular formula is C45H62N4O8. The third-order valence-electron chi connectivity index (χ3n) is 13.3. The molecule has 4 heterocycles. The summed E-state index contributed by atoms with van der Waals surface area (Å²) in [5.74, 6) is -2.31. The van der Waals surface area contributed by atoms with E-state index in [1.807, 2.05) is 33.8 Å². The van der Waals surface area contributed by atoms with Crippen LogP contribution in [0.3, 0.4) is 0 Å². The lowest BCUT2D eigenvalue weighted by molar-refractivity contribution is -0.156. The number of hydrogen-bond acceptors (Lipinski definition) is 11. The fourth-order valence-electron chi connectivity index (χ4n) is 9.77. The number of nitrogens with one attached hydrogen (secondary N) is 1. The SMILES string of the molecule is CC(=O)O[C@H]1[C@H](C)[C@H](O)[C@H](C)C[C@@H](C)/C=C/C=C(/C)C(=O)N=c2c(O)c3c(O)c(C)c4c(c3c3c2=NCC[C@@H]2CC[C@H](CCN3)N2C)C(=O)[C@@](C)(CCC[C@H]1C)O4. The van der Waals surface area contributed by atoms with Crippen molar-refractivity contribution < 1.29 is 39.2 Å². The van der Waals surface area contributed by atoms with Crippen molar-refractivity contribution in [3.63, 3.8) is 0 Å². The number of carbonyl (C=O) groups is 3. The van der Waals surface area contributed by atoms with Crippen LogP contribution in [0.5, 0.6) is 17.2 Å². The molecule has 0 aromatic heterocycles. The number of Topliss-reactive ketones (excluding diaryl/α,β-unsaturated/α-hetero) is 1. The van der Waals surface area contributed by atoms with Crippen molar-refractivity contribution >= 4 is 34.1 Å². The Hall–Kier alpha value is -4.29. The Morgan fingerprint density at radius 3 is 2.39 bits per heavy atom. The number of aliphatic hydroxyl groups excluding tert-OH is 1. The highest BCUT2D eigenvalue weighted by atomic mass is 16.5. The van der Waals surface area contributed by atoms with Crippen molar-refractivity contribution in [2.75, 3.05) is 25.5 Å². The lowest BCUT2D eigenvalue weighted by atomic mass is 9.79. The van der Waals surface area contributed by atoms with Gasteiger partial charge in [-0.15, -0.1) is 0 Å². The van der Waals surface area contributed by atoms with Crippen molar-refractivity contribution in [1.82, 2.24) is 4.90 Å². The number of allylic oxidation sites excluding steroid dienone is 3. The normalized spacial score (nSPS) is 33.3. The molecule has 310 valence electrons. The smallest absolute Gasteiger partial charge is 0.302 e. The van der Waals surface area contributed by atoms with Crippen molar-refractivity contribution in [2.45, 2.75) is 137 Å². The van der Waals surface area contributed by atoms with Crippen LogP contribution in [0.15, 0.2) is 33.8 Å². The third-order valence-corrected chi connectivity index (χ3v) is 13.3. The maximum atomic E-state index is 14.8. The third kappa shape index (κ3) is 8.22. The summed E-state index contributed by atoms with van der Waals surface area (Å²) in [4.78, 5) is 52.9. The highest BCUT2D eigenvalue weighted by molar-refractivity contribution is 6.22. The Morgan fingerprint density at radius 1 is 0.982 bits per heavy atom. The number of anilines is 1. The second kappa shape index (κ2) is 16.9. The molecule has 1 amide bonds. The molecule has 0 spiro atoms. The molecule has 6 rings (SSSR count). The van der Waals surface area contributed by atoms with Gasteiger partial charge in [-0.3, -0.25) is 19.4 Å². The minimum Gasteiger partial charge on any atom is -0.507 e. The van der Waals surface area contributed by atoms with E-state index < -0.39 is 35.4 Å². The molecule has 4 N–H and O–H groups in total. The first kappa shape index (κ1) is 42.3. The number of ether oxygens (including phenoxy) is 2. The molecule has 0 unspecified atom stereocenters. The molecule has 0 radical (unpaired) electrons. The van der Waals surface area contributed by atoms with Gasteiger partial charge in [0.1, 0.15) is 28.3 Å². The molecule has 0 saturated carbocycles. The maximum absolute atomic E-state index is 14.8. The van der Waals surface area contributed by atoms with E-state index in [-0.39, 0.29) is 62.6 Å². The monoisotopic (exact) mass is 786 g/mol. The highest BCUT2D eigenvalue weighted by Crippen LogP contribution is 2.51. The number of rotatable bonds is 1. The molecule has 4 aliphatic rings. The van der Waals surface area contributed by atoms with Crippen LogP contribution < -0.4 is 20.8 Å². The van der Waals surface area contributed by atoms with Crippen LogP contribution in [0.25, 0.3) is 10.8 Å². The molecule has 6 bridgehead atoms. The number of benzene rings is 2. The fraction of sp³-hybridized carbons (Fsp3) is 0.622. The number of esters is 1. The maximum Gasteiger partial charge on any atom is 0.302 e. The molecule has 2 aromatic rings. The quantitative estimate of drug-likeness (QED) is 0.192. The van der Waals surface area contributed by atoms with Crippen LogP contribution in [0, 0.1) is 30.6 Å². The van der Waals surface area contributed by atoms with E-state index in [9.17, 15) is 29.7 Å². The molecular weight excluding hydrogens is 725 g/mol. The number of phenolic OH excluding ortho intramolecular Hbond substituents is 2.